The van der Waals surface area contributed by atoms with Crippen molar-refractivity contribution in [2.75, 3.05) is 33.3 Å². The van der Waals surface area contributed by atoms with Gasteiger partial charge >= 0.3 is 6.03 Å². The minimum atomic E-state index is -0.311. The molecule has 3 amide bonds. The topological polar surface area (TPSA) is 65.1 Å². The third-order valence-corrected chi connectivity index (χ3v) is 6.97. The zero-order chi connectivity index (χ0) is 26.4. The van der Waals surface area contributed by atoms with E-state index < -0.39 is 0 Å². The van der Waals surface area contributed by atoms with Crippen LogP contribution in [0.25, 0.3) is 0 Å². The van der Waals surface area contributed by atoms with Crippen LogP contribution in [0.15, 0.2) is 42.5 Å². The first kappa shape index (κ1) is 27.7. The van der Waals surface area contributed by atoms with Crippen molar-refractivity contribution in [3.63, 3.8) is 0 Å². The number of ether oxygens (including phenoxy) is 1. The first-order chi connectivity index (χ1) is 17.1. The molecule has 0 radical (unpaired) electrons. The van der Waals surface area contributed by atoms with Gasteiger partial charge in [0.05, 0.1) is 6.04 Å². The van der Waals surface area contributed by atoms with Crippen molar-refractivity contribution in [2.24, 2.45) is 0 Å². The van der Waals surface area contributed by atoms with Gasteiger partial charge in [-0.1, -0.05) is 23.7 Å². The van der Waals surface area contributed by atoms with Gasteiger partial charge in [-0.3, -0.25) is 9.69 Å². The Hall–Kier alpha value is -2.84. The summed E-state index contributed by atoms with van der Waals surface area (Å²) in [5, 5.41) is 3.31. The second-order valence-corrected chi connectivity index (χ2v) is 9.83. The number of rotatable bonds is 8. The molecule has 9 heteroatoms. The second-order valence-electron chi connectivity index (χ2n) is 9.39. The summed E-state index contributed by atoms with van der Waals surface area (Å²) in [6, 6.07) is 11.4. The molecule has 0 bridgehead atoms. The number of benzene rings is 2. The Morgan fingerprint density at radius 2 is 1.86 bits per heavy atom. The average molecular weight is 519 g/mol. The maximum atomic E-state index is 13.2. The van der Waals surface area contributed by atoms with Crippen molar-refractivity contribution >= 4 is 23.5 Å². The second kappa shape index (κ2) is 12.4. The van der Waals surface area contributed by atoms with E-state index in [4.69, 9.17) is 16.3 Å². The average Bonchev–Trinajstić information content (AvgIpc) is 2.85. The highest BCUT2D eigenvalue weighted by Crippen LogP contribution is 2.31. The van der Waals surface area contributed by atoms with Crippen molar-refractivity contribution in [1.82, 2.24) is 20.0 Å². The van der Waals surface area contributed by atoms with Crippen LogP contribution in [0, 0.1) is 5.82 Å². The number of piperazine rings is 1. The lowest BCUT2D eigenvalue weighted by atomic mass is 10.1. The molecule has 0 aromatic heterocycles. The number of carbonyl (C=O) groups excluding carboxylic acids is 2. The van der Waals surface area contributed by atoms with E-state index >= 15 is 0 Å². The smallest absolute Gasteiger partial charge is 0.317 e. The van der Waals surface area contributed by atoms with Crippen LogP contribution in [-0.4, -0.2) is 72.0 Å². The first-order valence-corrected chi connectivity index (χ1v) is 12.7. The summed E-state index contributed by atoms with van der Waals surface area (Å²) in [6.45, 7) is 10.3. The number of amides is 3. The van der Waals surface area contributed by atoms with Crippen molar-refractivity contribution in [2.45, 2.75) is 52.4 Å². The van der Waals surface area contributed by atoms with E-state index in [9.17, 15) is 14.0 Å². The molecule has 1 aliphatic heterocycles. The van der Waals surface area contributed by atoms with E-state index in [1.165, 1.54) is 12.1 Å². The van der Waals surface area contributed by atoms with Crippen LogP contribution in [0.3, 0.4) is 0 Å². The Balaban J connectivity index is 1.63. The van der Waals surface area contributed by atoms with Crippen LogP contribution in [0.5, 0.6) is 5.75 Å². The lowest BCUT2D eigenvalue weighted by molar-refractivity contribution is -0.139. The number of nitrogens with one attached hydrogen (secondary N) is 1. The number of nitrogens with zero attached hydrogens (tertiary/aromatic N) is 3. The highest BCUT2D eigenvalue weighted by Gasteiger charge is 2.32. The number of carbonyl (C=O) groups is 2. The third-order valence-electron chi connectivity index (χ3n) is 6.74. The maximum absolute atomic E-state index is 13.2. The maximum Gasteiger partial charge on any atom is 0.317 e. The number of halogens is 2. The standard InChI is InChI=1S/C27H36ClFN4O3/c1-6-30-27(35)31(5)20(4)24-13-22(28)9-12-25(24)36-17-26(34)33-15-18(2)32(14-19(33)3)16-21-7-10-23(29)11-8-21/h7-13,18-20H,6,14-17H2,1-5H3,(H,30,35)/t18-,19+,20?/m1/s1. The van der Waals surface area contributed by atoms with Gasteiger partial charge in [-0.2, -0.15) is 0 Å². The molecule has 1 saturated heterocycles. The summed E-state index contributed by atoms with van der Waals surface area (Å²) in [5.41, 5.74) is 1.77. The van der Waals surface area contributed by atoms with Gasteiger partial charge in [-0.15, -0.1) is 0 Å². The van der Waals surface area contributed by atoms with Gasteiger partial charge < -0.3 is 19.9 Å². The summed E-state index contributed by atoms with van der Waals surface area (Å²) in [7, 11) is 1.71. The van der Waals surface area contributed by atoms with Crippen molar-refractivity contribution in [3.8, 4) is 5.75 Å². The van der Waals surface area contributed by atoms with Crippen LogP contribution in [0.2, 0.25) is 5.02 Å². The van der Waals surface area contributed by atoms with E-state index in [1.807, 2.05) is 25.7 Å². The fraction of sp³-hybridized carbons (Fsp3) is 0.481. The number of hydrogen-bond donors (Lipinski definition) is 1. The molecule has 1 aliphatic rings. The summed E-state index contributed by atoms with van der Waals surface area (Å²) in [5.74, 6) is 0.179. The minimum absolute atomic E-state index is 0.00485. The van der Waals surface area contributed by atoms with E-state index in [-0.39, 0.29) is 42.5 Å². The molecule has 0 aliphatic carbocycles. The molecule has 7 nitrogen and oxygen atoms in total. The normalized spacial score (nSPS) is 19.0. The Kier molecular flexibility index (Phi) is 9.56. The summed E-state index contributed by atoms with van der Waals surface area (Å²) in [6.07, 6.45) is 0. The van der Waals surface area contributed by atoms with Crippen molar-refractivity contribution in [1.29, 1.82) is 0 Å². The molecular formula is C27H36ClFN4O3. The minimum Gasteiger partial charge on any atom is -0.483 e. The van der Waals surface area contributed by atoms with Crippen molar-refractivity contribution in [3.05, 3.63) is 64.4 Å². The molecule has 0 saturated carbocycles. The van der Waals surface area contributed by atoms with Crippen LogP contribution < -0.4 is 10.1 Å². The zero-order valence-electron chi connectivity index (χ0n) is 21.6. The molecule has 0 spiro atoms. The number of urea groups is 1. The van der Waals surface area contributed by atoms with Crippen molar-refractivity contribution < 1.29 is 18.7 Å². The van der Waals surface area contributed by atoms with Gasteiger partial charge in [0, 0.05) is 55.9 Å². The Bertz CT molecular complexity index is 1050. The Labute approximate surface area is 218 Å². The monoisotopic (exact) mass is 518 g/mol. The van der Waals surface area contributed by atoms with Gasteiger partial charge in [0.1, 0.15) is 11.6 Å². The molecule has 196 valence electrons. The number of hydrogen-bond acceptors (Lipinski definition) is 4. The van der Waals surface area contributed by atoms with E-state index in [0.29, 0.717) is 37.0 Å². The molecule has 1 N–H and O–H groups in total. The highest BCUT2D eigenvalue weighted by atomic mass is 35.5. The first-order valence-electron chi connectivity index (χ1n) is 12.3. The predicted octanol–water partition coefficient (Wildman–Crippen LogP) is 4.70. The van der Waals surface area contributed by atoms with Crippen LogP contribution in [0.1, 0.15) is 44.9 Å². The lowest BCUT2D eigenvalue weighted by Gasteiger charge is -2.44. The van der Waals surface area contributed by atoms with Gasteiger partial charge in [-0.05, 0) is 63.6 Å². The van der Waals surface area contributed by atoms with Gasteiger partial charge in [-0.25, -0.2) is 9.18 Å². The largest absolute Gasteiger partial charge is 0.483 e. The Morgan fingerprint density at radius 1 is 1.17 bits per heavy atom. The molecule has 2 aromatic carbocycles. The SMILES string of the molecule is CCNC(=O)N(C)C(C)c1cc(Cl)ccc1OCC(=O)N1C[C@@H](C)N(Cc2ccc(F)cc2)C[C@@H]1C. The highest BCUT2D eigenvalue weighted by molar-refractivity contribution is 6.30. The molecule has 1 fully saturated rings. The summed E-state index contributed by atoms with van der Waals surface area (Å²) in [4.78, 5) is 31.2. The summed E-state index contributed by atoms with van der Waals surface area (Å²) >= 11 is 6.23. The Morgan fingerprint density at radius 3 is 2.53 bits per heavy atom. The predicted molar refractivity (Wildman–Crippen MR) is 140 cm³/mol. The molecule has 2 aromatic rings. The molecule has 3 rings (SSSR count). The van der Waals surface area contributed by atoms with Crippen LogP contribution in [0.4, 0.5) is 9.18 Å². The quantitative estimate of drug-likeness (QED) is 0.550. The molecule has 36 heavy (non-hydrogen) atoms. The molecule has 1 heterocycles. The fourth-order valence-corrected chi connectivity index (χ4v) is 4.63. The zero-order valence-corrected chi connectivity index (χ0v) is 22.4. The molecule has 1 unspecified atom stereocenters. The van der Waals surface area contributed by atoms with Gasteiger partial charge in [0.15, 0.2) is 6.61 Å². The lowest BCUT2D eigenvalue weighted by Crippen LogP contribution is -2.58. The van der Waals surface area contributed by atoms with E-state index in [1.54, 1.807) is 42.3 Å². The van der Waals surface area contributed by atoms with E-state index in [2.05, 4.69) is 17.1 Å². The third kappa shape index (κ3) is 6.89. The fourth-order valence-electron chi connectivity index (χ4n) is 4.45. The van der Waals surface area contributed by atoms with Crippen LogP contribution >= 0.6 is 11.6 Å². The van der Waals surface area contributed by atoms with Gasteiger partial charge in [0.2, 0.25) is 0 Å². The summed E-state index contributed by atoms with van der Waals surface area (Å²) < 4.78 is 19.2. The molecular weight excluding hydrogens is 483 g/mol. The van der Waals surface area contributed by atoms with E-state index in [0.717, 1.165) is 11.1 Å². The van der Waals surface area contributed by atoms with Crippen LogP contribution in [-0.2, 0) is 11.3 Å². The molecule has 3 atom stereocenters. The van der Waals surface area contributed by atoms with Gasteiger partial charge in [0.25, 0.3) is 5.91 Å².